The average molecular weight is 268 g/mol. The van der Waals surface area contributed by atoms with Gasteiger partial charge in [0.05, 0.1) is 0 Å². The largest absolute Gasteiger partial charge is 0.444 e. The fourth-order valence-corrected chi connectivity index (χ4v) is 3.14. The smallest absolute Gasteiger partial charge is 0.407 e. The van der Waals surface area contributed by atoms with Gasteiger partial charge in [0.15, 0.2) is 0 Å². The Labute approximate surface area is 116 Å². The number of nitrogens with one attached hydrogen (secondary N) is 2. The predicted molar refractivity (Wildman–Crippen MR) is 76.1 cm³/mol. The summed E-state index contributed by atoms with van der Waals surface area (Å²) in [6.07, 6.45) is 5.94. The van der Waals surface area contributed by atoms with Crippen molar-refractivity contribution in [1.82, 2.24) is 10.6 Å². The molecular formula is C15H28N2O2. The van der Waals surface area contributed by atoms with Crippen molar-refractivity contribution in [2.45, 2.75) is 64.5 Å². The first-order valence-corrected chi connectivity index (χ1v) is 7.66. The zero-order chi connectivity index (χ0) is 13.9. The van der Waals surface area contributed by atoms with Gasteiger partial charge in [-0.15, -0.1) is 0 Å². The molecule has 4 nitrogen and oxygen atoms in total. The summed E-state index contributed by atoms with van der Waals surface area (Å²) in [5, 5.41) is 6.55. The van der Waals surface area contributed by atoms with Gasteiger partial charge < -0.3 is 15.4 Å². The van der Waals surface area contributed by atoms with Gasteiger partial charge in [-0.2, -0.15) is 0 Å². The Morgan fingerprint density at radius 3 is 2.42 bits per heavy atom. The summed E-state index contributed by atoms with van der Waals surface area (Å²) in [6, 6.07) is 0.273. The number of rotatable bonds is 2. The zero-order valence-corrected chi connectivity index (χ0v) is 12.5. The van der Waals surface area contributed by atoms with Crippen LogP contribution in [0, 0.1) is 11.8 Å². The molecule has 0 bridgehead atoms. The molecule has 1 aliphatic carbocycles. The molecule has 1 aliphatic heterocycles. The van der Waals surface area contributed by atoms with Crippen LogP contribution in [0.2, 0.25) is 0 Å². The van der Waals surface area contributed by atoms with Gasteiger partial charge in [-0.25, -0.2) is 4.79 Å². The first-order valence-electron chi connectivity index (χ1n) is 7.66. The molecule has 4 heteroatoms. The lowest BCUT2D eigenvalue weighted by molar-refractivity contribution is 0.0450. The summed E-state index contributed by atoms with van der Waals surface area (Å²) >= 11 is 0. The Morgan fingerprint density at radius 1 is 1.16 bits per heavy atom. The number of carbonyl (C=O) groups is 1. The monoisotopic (exact) mass is 268 g/mol. The van der Waals surface area contributed by atoms with Crippen LogP contribution in [-0.4, -0.2) is 30.8 Å². The second-order valence-corrected chi connectivity index (χ2v) is 6.93. The molecule has 0 spiro atoms. The van der Waals surface area contributed by atoms with Crippen LogP contribution in [0.1, 0.15) is 52.9 Å². The molecule has 2 rings (SSSR count). The molecule has 1 amide bonds. The molecule has 1 saturated carbocycles. The summed E-state index contributed by atoms with van der Waals surface area (Å²) in [6.45, 7) is 7.79. The Bertz CT molecular complexity index is 308. The molecule has 0 aromatic heterocycles. The molecule has 1 saturated heterocycles. The molecular weight excluding hydrogens is 240 g/mol. The van der Waals surface area contributed by atoms with Crippen molar-refractivity contribution in [3.63, 3.8) is 0 Å². The van der Waals surface area contributed by atoms with Crippen LogP contribution < -0.4 is 10.6 Å². The SMILES string of the molecule is CC(C)(C)OC(=O)NC1CCNCCC1C1CCC1. The molecule has 2 aliphatic rings. The maximum Gasteiger partial charge on any atom is 0.407 e. The van der Waals surface area contributed by atoms with Crippen LogP contribution in [0.5, 0.6) is 0 Å². The molecule has 2 unspecified atom stereocenters. The van der Waals surface area contributed by atoms with E-state index in [-0.39, 0.29) is 12.1 Å². The third kappa shape index (κ3) is 4.37. The minimum Gasteiger partial charge on any atom is -0.444 e. The fourth-order valence-electron chi connectivity index (χ4n) is 3.14. The summed E-state index contributed by atoms with van der Waals surface area (Å²) in [7, 11) is 0. The molecule has 2 N–H and O–H groups in total. The Hall–Kier alpha value is -0.770. The quantitative estimate of drug-likeness (QED) is 0.809. The fraction of sp³-hybridized carbons (Fsp3) is 0.933. The van der Waals surface area contributed by atoms with Crippen LogP contribution in [0.15, 0.2) is 0 Å². The van der Waals surface area contributed by atoms with Gasteiger partial charge in [0.25, 0.3) is 0 Å². The van der Waals surface area contributed by atoms with Crippen molar-refractivity contribution in [3.8, 4) is 0 Å². The standard InChI is InChI=1S/C15H28N2O2/c1-15(2,3)19-14(18)17-13-8-10-16-9-7-12(13)11-5-4-6-11/h11-13,16H,4-10H2,1-3H3,(H,17,18). The van der Waals surface area contributed by atoms with Crippen LogP contribution in [0.25, 0.3) is 0 Å². The molecule has 110 valence electrons. The summed E-state index contributed by atoms with van der Waals surface area (Å²) in [4.78, 5) is 12.0. The number of carbonyl (C=O) groups excluding carboxylic acids is 1. The maximum atomic E-state index is 12.0. The van der Waals surface area contributed by atoms with Gasteiger partial charge in [0.2, 0.25) is 0 Å². The van der Waals surface area contributed by atoms with Crippen molar-refractivity contribution in [2.75, 3.05) is 13.1 Å². The Morgan fingerprint density at radius 2 is 1.84 bits per heavy atom. The van der Waals surface area contributed by atoms with E-state index in [2.05, 4.69) is 10.6 Å². The highest BCUT2D eigenvalue weighted by molar-refractivity contribution is 5.68. The molecule has 0 aromatic rings. The van der Waals surface area contributed by atoms with Crippen molar-refractivity contribution in [3.05, 3.63) is 0 Å². The van der Waals surface area contributed by atoms with E-state index < -0.39 is 5.60 Å². The van der Waals surface area contributed by atoms with E-state index in [1.807, 2.05) is 20.8 Å². The Balaban J connectivity index is 1.92. The molecule has 2 fully saturated rings. The molecule has 0 radical (unpaired) electrons. The highest BCUT2D eigenvalue weighted by Gasteiger charge is 2.35. The van der Waals surface area contributed by atoms with Crippen LogP contribution >= 0.6 is 0 Å². The highest BCUT2D eigenvalue weighted by Crippen LogP contribution is 2.38. The summed E-state index contributed by atoms with van der Waals surface area (Å²) in [5.41, 5.74) is -0.418. The van der Waals surface area contributed by atoms with Crippen molar-refractivity contribution < 1.29 is 9.53 Å². The number of hydrogen-bond donors (Lipinski definition) is 2. The Kier molecular flexibility index (Phi) is 4.71. The lowest BCUT2D eigenvalue weighted by Gasteiger charge is -2.38. The van der Waals surface area contributed by atoms with Crippen molar-refractivity contribution in [2.24, 2.45) is 11.8 Å². The molecule has 1 heterocycles. The number of hydrogen-bond acceptors (Lipinski definition) is 3. The van der Waals surface area contributed by atoms with E-state index >= 15 is 0 Å². The van der Waals surface area contributed by atoms with Gasteiger partial charge in [0.1, 0.15) is 5.60 Å². The lowest BCUT2D eigenvalue weighted by atomic mass is 9.71. The number of ether oxygens (including phenoxy) is 1. The zero-order valence-electron chi connectivity index (χ0n) is 12.5. The maximum absolute atomic E-state index is 12.0. The van der Waals surface area contributed by atoms with E-state index in [1.54, 1.807) is 0 Å². The molecule has 2 atom stereocenters. The molecule has 0 aromatic carbocycles. The predicted octanol–water partition coefficient (Wildman–Crippen LogP) is 2.68. The topological polar surface area (TPSA) is 50.4 Å². The third-order valence-corrected chi connectivity index (χ3v) is 4.26. The van der Waals surface area contributed by atoms with Crippen LogP contribution in [-0.2, 0) is 4.74 Å². The number of amides is 1. The van der Waals surface area contributed by atoms with Crippen LogP contribution in [0.3, 0.4) is 0 Å². The van der Waals surface area contributed by atoms with Gasteiger partial charge in [0, 0.05) is 6.04 Å². The van der Waals surface area contributed by atoms with Crippen LogP contribution in [0.4, 0.5) is 4.79 Å². The van der Waals surface area contributed by atoms with Gasteiger partial charge >= 0.3 is 6.09 Å². The second kappa shape index (κ2) is 6.12. The van der Waals surface area contributed by atoms with E-state index in [0.717, 1.165) is 25.4 Å². The van der Waals surface area contributed by atoms with Crippen molar-refractivity contribution in [1.29, 1.82) is 0 Å². The first kappa shape index (κ1) is 14.6. The van der Waals surface area contributed by atoms with Crippen molar-refractivity contribution >= 4 is 6.09 Å². The highest BCUT2D eigenvalue weighted by atomic mass is 16.6. The van der Waals surface area contributed by atoms with Gasteiger partial charge in [-0.1, -0.05) is 19.3 Å². The van der Waals surface area contributed by atoms with E-state index in [1.165, 1.54) is 25.7 Å². The summed E-state index contributed by atoms with van der Waals surface area (Å²) < 4.78 is 5.39. The average Bonchev–Trinajstić information content (AvgIpc) is 2.39. The van der Waals surface area contributed by atoms with E-state index in [9.17, 15) is 4.79 Å². The summed E-state index contributed by atoms with van der Waals surface area (Å²) in [5.74, 6) is 1.43. The van der Waals surface area contributed by atoms with Gasteiger partial charge in [-0.3, -0.25) is 0 Å². The minimum absolute atomic E-state index is 0.260. The molecule has 19 heavy (non-hydrogen) atoms. The third-order valence-electron chi connectivity index (χ3n) is 4.26. The van der Waals surface area contributed by atoms with E-state index in [4.69, 9.17) is 4.74 Å². The normalized spacial score (nSPS) is 29.2. The lowest BCUT2D eigenvalue weighted by Crippen LogP contribution is -2.46. The second-order valence-electron chi connectivity index (χ2n) is 6.93. The van der Waals surface area contributed by atoms with Gasteiger partial charge in [-0.05, 0) is 58.5 Å². The first-order chi connectivity index (χ1) is 8.96. The minimum atomic E-state index is -0.418. The number of alkyl carbamates (subject to hydrolysis) is 1. The van der Waals surface area contributed by atoms with E-state index in [0.29, 0.717) is 5.92 Å².